The first kappa shape index (κ1) is 18.1. The fourth-order valence-corrected chi connectivity index (χ4v) is 1.59. The van der Waals surface area contributed by atoms with Gasteiger partial charge in [0, 0.05) is 39.6 Å². The van der Waals surface area contributed by atoms with Gasteiger partial charge in [-0.2, -0.15) is 0 Å². The quantitative estimate of drug-likeness (QED) is 0.340. The summed E-state index contributed by atoms with van der Waals surface area (Å²) in [7, 11) is 3.45. The highest BCUT2D eigenvalue weighted by molar-refractivity contribution is 14.0. The molecule has 1 aromatic heterocycles. The molecule has 1 aromatic rings. The van der Waals surface area contributed by atoms with Crippen molar-refractivity contribution in [3.63, 3.8) is 0 Å². The second-order valence-electron chi connectivity index (χ2n) is 3.97. The Labute approximate surface area is 132 Å². The minimum Gasteiger partial charge on any atom is -0.383 e. The fraction of sp³-hybridized carbons (Fsp3) is 0.538. The molecule has 0 amide bonds. The number of hydrogen-bond donors (Lipinski definition) is 2. The molecule has 0 aliphatic carbocycles. The van der Waals surface area contributed by atoms with Gasteiger partial charge in [-0.05, 0) is 30.5 Å². The summed E-state index contributed by atoms with van der Waals surface area (Å²) in [6, 6.07) is 2.05. The van der Waals surface area contributed by atoms with Gasteiger partial charge in [-0.3, -0.25) is 9.98 Å². The number of aryl methyl sites for hydroxylation is 1. The number of rotatable bonds is 6. The van der Waals surface area contributed by atoms with Crippen molar-refractivity contribution in [2.24, 2.45) is 4.99 Å². The zero-order valence-corrected chi connectivity index (χ0v) is 14.1. The van der Waals surface area contributed by atoms with E-state index in [4.69, 9.17) is 4.74 Å². The van der Waals surface area contributed by atoms with E-state index in [0.29, 0.717) is 6.61 Å². The number of aromatic nitrogens is 1. The molecule has 2 N–H and O–H groups in total. The molecule has 0 bridgehead atoms. The van der Waals surface area contributed by atoms with Crippen LogP contribution in [-0.4, -0.2) is 44.8 Å². The maximum Gasteiger partial charge on any atom is 0.191 e. The van der Waals surface area contributed by atoms with Gasteiger partial charge < -0.3 is 15.4 Å². The molecule has 0 spiro atoms. The van der Waals surface area contributed by atoms with Gasteiger partial charge in [0.2, 0.25) is 0 Å². The van der Waals surface area contributed by atoms with E-state index in [0.717, 1.165) is 25.5 Å². The number of aliphatic imine (C=N–C) groups is 1. The lowest BCUT2D eigenvalue weighted by atomic mass is 10.1. The predicted octanol–water partition coefficient (Wildman–Crippen LogP) is 1.36. The van der Waals surface area contributed by atoms with Gasteiger partial charge >= 0.3 is 0 Å². The highest BCUT2D eigenvalue weighted by Crippen LogP contribution is 2.04. The van der Waals surface area contributed by atoms with E-state index in [1.807, 2.05) is 12.4 Å². The average molecular weight is 378 g/mol. The summed E-state index contributed by atoms with van der Waals surface area (Å²) < 4.78 is 4.97. The largest absolute Gasteiger partial charge is 0.383 e. The summed E-state index contributed by atoms with van der Waals surface area (Å²) in [4.78, 5) is 8.22. The van der Waals surface area contributed by atoms with E-state index in [1.54, 1.807) is 14.2 Å². The van der Waals surface area contributed by atoms with Gasteiger partial charge in [-0.25, -0.2) is 0 Å². The van der Waals surface area contributed by atoms with Gasteiger partial charge in [0.25, 0.3) is 0 Å². The highest BCUT2D eigenvalue weighted by Gasteiger charge is 1.99. The first-order valence-corrected chi connectivity index (χ1v) is 6.11. The molecular formula is C13H23IN4O. The van der Waals surface area contributed by atoms with Crippen molar-refractivity contribution in [3.05, 3.63) is 29.6 Å². The Kier molecular flexibility index (Phi) is 10.5. The molecule has 0 radical (unpaired) electrons. The molecule has 0 fully saturated rings. The van der Waals surface area contributed by atoms with Gasteiger partial charge in [-0.15, -0.1) is 24.0 Å². The van der Waals surface area contributed by atoms with Crippen molar-refractivity contribution in [2.45, 2.75) is 13.3 Å². The molecular weight excluding hydrogens is 355 g/mol. The van der Waals surface area contributed by atoms with E-state index in [1.165, 1.54) is 11.1 Å². The Bertz CT molecular complexity index is 385. The summed E-state index contributed by atoms with van der Waals surface area (Å²) in [5, 5.41) is 6.44. The summed E-state index contributed by atoms with van der Waals surface area (Å²) >= 11 is 0. The second-order valence-corrected chi connectivity index (χ2v) is 3.97. The summed E-state index contributed by atoms with van der Waals surface area (Å²) in [5.74, 6) is 0.804. The molecule has 0 aliphatic rings. The van der Waals surface area contributed by atoms with E-state index in [-0.39, 0.29) is 24.0 Å². The number of halogens is 1. The number of nitrogens with zero attached hydrogens (tertiary/aromatic N) is 2. The van der Waals surface area contributed by atoms with Gasteiger partial charge in [0.1, 0.15) is 0 Å². The fourth-order valence-electron chi connectivity index (χ4n) is 1.59. The first-order valence-electron chi connectivity index (χ1n) is 6.11. The zero-order chi connectivity index (χ0) is 13.2. The van der Waals surface area contributed by atoms with Crippen LogP contribution in [0.5, 0.6) is 0 Å². The third-order valence-electron chi connectivity index (χ3n) is 2.65. The van der Waals surface area contributed by atoms with Crippen LogP contribution in [0.25, 0.3) is 0 Å². The van der Waals surface area contributed by atoms with Crippen LogP contribution in [-0.2, 0) is 11.2 Å². The first-order chi connectivity index (χ1) is 8.77. The Morgan fingerprint density at radius 3 is 2.74 bits per heavy atom. The average Bonchev–Trinajstić information content (AvgIpc) is 2.39. The Balaban J connectivity index is 0.00000324. The molecule has 19 heavy (non-hydrogen) atoms. The maximum absolute atomic E-state index is 4.97. The molecule has 1 heterocycles. The number of hydrogen-bond acceptors (Lipinski definition) is 3. The van der Waals surface area contributed by atoms with Crippen LogP contribution in [0.3, 0.4) is 0 Å². The number of ether oxygens (including phenoxy) is 1. The molecule has 6 heteroatoms. The Morgan fingerprint density at radius 1 is 1.37 bits per heavy atom. The third kappa shape index (κ3) is 7.31. The lowest BCUT2D eigenvalue weighted by Crippen LogP contribution is -2.39. The molecule has 0 aromatic carbocycles. The molecule has 0 unspecified atom stereocenters. The van der Waals surface area contributed by atoms with Crippen molar-refractivity contribution < 1.29 is 4.74 Å². The van der Waals surface area contributed by atoms with Gasteiger partial charge in [0.05, 0.1) is 6.61 Å². The second kappa shape index (κ2) is 11.0. The molecule has 0 saturated carbocycles. The van der Waals surface area contributed by atoms with Crippen LogP contribution >= 0.6 is 24.0 Å². The molecule has 108 valence electrons. The summed E-state index contributed by atoms with van der Waals surface area (Å²) in [6.07, 6.45) is 4.67. The lowest BCUT2D eigenvalue weighted by Gasteiger charge is -2.12. The SMILES string of the molecule is CN=C(NCCOC)NCCc1ccncc1C.I. The van der Waals surface area contributed by atoms with Crippen molar-refractivity contribution in [3.8, 4) is 0 Å². The van der Waals surface area contributed by atoms with Crippen molar-refractivity contribution in [1.82, 2.24) is 15.6 Å². The summed E-state index contributed by atoms with van der Waals surface area (Å²) in [5.41, 5.74) is 2.53. The zero-order valence-electron chi connectivity index (χ0n) is 11.8. The molecule has 5 nitrogen and oxygen atoms in total. The predicted molar refractivity (Wildman–Crippen MR) is 89.3 cm³/mol. The van der Waals surface area contributed by atoms with Crippen LogP contribution in [0.4, 0.5) is 0 Å². The van der Waals surface area contributed by atoms with Crippen LogP contribution < -0.4 is 10.6 Å². The van der Waals surface area contributed by atoms with Crippen molar-refractivity contribution in [2.75, 3.05) is 33.9 Å². The molecule has 0 atom stereocenters. The van der Waals surface area contributed by atoms with Crippen molar-refractivity contribution in [1.29, 1.82) is 0 Å². The van der Waals surface area contributed by atoms with Gasteiger partial charge in [0.15, 0.2) is 5.96 Å². The van der Waals surface area contributed by atoms with E-state index >= 15 is 0 Å². The molecule has 0 saturated heterocycles. The normalized spacial score (nSPS) is 10.8. The number of methoxy groups -OCH3 is 1. The smallest absolute Gasteiger partial charge is 0.191 e. The maximum atomic E-state index is 4.97. The third-order valence-corrected chi connectivity index (χ3v) is 2.65. The van der Waals surface area contributed by atoms with Crippen LogP contribution in [0.2, 0.25) is 0 Å². The monoisotopic (exact) mass is 378 g/mol. The van der Waals surface area contributed by atoms with E-state index < -0.39 is 0 Å². The highest BCUT2D eigenvalue weighted by atomic mass is 127. The van der Waals surface area contributed by atoms with Crippen LogP contribution in [0.15, 0.2) is 23.5 Å². The topological polar surface area (TPSA) is 58.5 Å². The standard InChI is InChI=1S/C13H22N4O.HI/c1-11-10-15-6-4-12(11)5-7-16-13(14-2)17-8-9-18-3;/h4,6,10H,5,7-9H2,1-3H3,(H2,14,16,17);1H. The number of nitrogens with one attached hydrogen (secondary N) is 2. The summed E-state index contributed by atoms with van der Waals surface area (Å²) in [6.45, 7) is 4.35. The number of guanidine groups is 1. The minimum atomic E-state index is 0. The van der Waals surface area contributed by atoms with Gasteiger partial charge in [-0.1, -0.05) is 0 Å². The molecule has 0 aliphatic heterocycles. The van der Waals surface area contributed by atoms with E-state index in [9.17, 15) is 0 Å². The number of pyridine rings is 1. The Morgan fingerprint density at radius 2 is 2.11 bits per heavy atom. The van der Waals surface area contributed by atoms with Crippen molar-refractivity contribution >= 4 is 29.9 Å². The van der Waals surface area contributed by atoms with Crippen LogP contribution in [0, 0.1) is 6.92 Å². The van der Waals surface area contributed by atoms with Crippen LogP contribution in [0.1, 0.15) is 11.1 Å². The van der Waals surface area contributed by atoms with E-state index in [2.05, 4.69) is 33.6 Å². The molecule has 1 rings (SSSR count). The minimum absolute atomic E-state index is 0. The lowest BCUT2D eigenvalue weighted by molar-refractivity contribution is 0.203. The Hall–Kier alpha value is -0.890.